The predicted molar refractivity (Wildman–Crippen MR) is 95.9 cm³/mol. The van der Waals surface area contributed by atoms with Crippen LogP contribution < -0.4 is 10.6 Å². The Labute approximate surface area is 152 Å². The second kappa shape index (κ2) is 8.27. The van der Waals surface area contributed by atoms with E-state index in [9.17, 15) is 18.8 Å². The minimum absolute atomic E-state index is 0.0779. The molecule has 0 bridgehead atoms. The fourth-order valence-electron chi connectivity index (χ4n) is 2.68. The molecule has 0 unspecified atom stereocenters. The van der Waals surface area contributed by atoms with Gasteiger partial charge in [0.05, 0.1) is 13.1 Å². The fraction of sp³-hybridized carbons (Fsp3) is 0.500. The molecule has 2 N–H and O–H groups in total. The van der Waals surface area contributed by atoms with Crippen LogP contribution in [0.1, 0.15) is 20.8 Å². The Morgan fingerprint density at radius 2 is 1.92 bits per heavy atom. The van der Waals surface area contributed by atoms with Crippen molar-refractivity contribution in [3.8, 4) is 0 Å². The number of rotatable bonds is 5. The average molecular weight is 364 g/mol. The Kier molecular flexibility index (Phi) is 6.31. The van der Waals surface area contributed by atoms with Gasteiger partial charge in [-0.3, -0.25) is 19.3 Å². The molecule has 8 heteroatoms. The van der Waals surface area contributed by atoms with Crippen molar-refractivity contribution < 1.29 is 18.8 Å². The molecule has 0 atom stereocenters. The van der Waals surface area contributed by atoms with Crippen LogP contribution in [0, 0.1) is 5.82 Å². The van der Waals surface area contributed by atoms with Crippen LogP contribution >= 0.6 is 0 Å². The van der Waals surface area contributed by atoms with Gasteiger partial charge < -0.3 is 15.5 Å². The van der Waals surface area contributed by atoms with Crippen LogP contribution in [0.4, 0.5) is 10.1 Å². The minimum atomic E-state index is -0.560. The maximum absolute atomic E-state index is 12.9. The fourth-order valence-corrected chi connectivity index (χ4v) is 2.68. The number of amides is 3. The van der Waals surface area contributed by atoms with E-state index in [0.29, 0.717) is 18.8 Å². The molecule has 1 fully saturated rings. The normalized spacial score (nSPS) is 15.3. The molecule has 0 aliphatic carbocycles. The van der Waals surface area contributed by atoms with E-state index in [2.05, 4.69) is 10.6 Å². The van der Waals surface area contributed by atoms with Gasteiger partial charge in [-0.25, -0.2) is 4.39 Å². The zero-order valence-corrected chi connectivity index (χ0v) is 15.3. The van der Waals surface area contributed by atoms with Gasteiger partial charge in [0, 0.05) is 24.3 Å². The number of carbonyl (C=O) groups is 3. The summed E-state index contributed by atoms with van der Waals surface area (Å²) < 4.78 is 12.9. The number of carbonyl (C=O) groups excluding carboxylic acids is 3. The van der Waals surface area contributed by atoms with Gasteiger partial charge in [-0.15, -0.1) is 0 Å². The summed E-state index contributed by atoms with van der Waals surface area (Å²) in [6, 6.07) is 5.43. The summed E-state index contributed by atoms with van der Waals surface area (Å²) in [6.45, 7) is 6.76. The van der Waals surface area contributed by atoms with Gasteiger partial charge >= 0.3 is 0 Å². The molecule has 1 aromatic rings. The summed E-state index contributed by atoms with van der Waals surface area (Å²) in [5, 5.41) is 5.37. The maximum Gasteiger partial charge on any atom is 0.244 e. The number of anilines is 1. The van der Waals surface area contributed by atoms with Crippen LogP contribution in [0.3, 0.4) is 0 Å². The molecule has 0 radical (unpaired) electrons. The molecule has 1 aliphatic rings. The molecule has 1 saturated heterocycles. The van der Waals surface area contributed by atoms with Crippen LogP contribution in [-0.2, 0) is 14.4 Å². The molecule has 0 saturated carbocycles. The largest absolute Gasteiger partial charge is 0.354 e. The van der Waals surface area contributed by atoms with E-state index in [0.717, 1.165) is 0 Å². The summed E-state index contributed by atoms with van der Waals surface area (Å²) in [5.41, 5.74) is -0.0969. The first-order chi connectivity index (χ1) is 12.1. The van der Waals surface area contributed by atoms with E-state index in [1.807, 2.05) is 20.8 Å². The van der Waals surface area contributed by atoms with Gasteiger partial charge in [0.25, 0.3) is 0 Å². The molecule has 7 nitrogen and oxygen atoms in total. The first-order valence-corrected chi connectivity index (χ1v) is 8.50. The second-order valence-corrected chi connectivity index (χ2v) is 7.27. The number of hydrogen-bond acceptors (Lipinski definition) is 4. The predicted octanol–water partition coefficient (Wildman–Crippen LogP) is 0.823. The van der Waals surface area contributed by atoms with Gasteiger partial charge in [0.1, 0.15) is 12.4 Å². The van der Waals surface area contributed by atoms with E-state index in [1.165, 1.54) is 29.2 Å². The van der Waals surface area contributed by atoms with Crippen molar-refractivity contribution in [1.29, 1.82) is 0 Å². The van der Waals surface area contributed by atoms with Crippen molar-refractivity contribution >= 4 is 23.4 Å². The van der Waals surface area contributed by atoms with Crippen molar-refractivity contribution in [3.63, 3.8) is 0 Å². The number of piperazine rings is 1. The third kappa shape index (κ3) is 5.80. The van der Waals surface area contributed by atoms with Crippen molar-refractivity contribution in [1.82, 2.24) is 15.1 Å². The highest BCUT2D eigenvalue weighted by molar-refractivity contribution is 5.95. The number of nitrogens with zero attached hydrogens (tertiary/aromatic N) is 2. The molecule has 0 spiro atoms. The smallest absolute Gasteiger partial charge is 0.244 e. The van der Waals surface area contributed by atoms with E-state index in [-0.39, 0.29) is 43.2 Å². The zero-order valence-electron chi connectivity index (χ0n) is 15.3. The lowest BCUT2D eigenvalue weighted by atomic mass is 10.1. The standard InChI is InChI=1S/C18H25FN4O3/c1-18(2,3)23(17(26)12-22-9-8-20-15(24)10-22)11-16(25)21-14-6-4-13(19)5-7-14/h4-7H,8-12H2,1-3H3,(H,20,24)(H,21,25). The molecule has 142 valence electrons. The van der Waals surface area contributed by atoms with Crippen LogP contribution in [0.5, 0.6) is 0 Å². The maximum atomic E-state index is 12.9. The molecule has 26 heavy (non-hydrogen) atoms. The lowest BCUT2D eigenvalue weighted by molar-refractivity contribution is -0.141. The third-order valence-electron chi connectivity index (χ3n) is 4.02. The van der Waals surface area contributed by atoms with E-state index in [4.69, 9.17) is 0 Å². The summed E-state index contributed by atoms with van der Waals surface area (Å²) in [6.07, 6.45) is 0. The molecular weight excluding hydrogens is 339 g/mol. The van der Waals surface area contributed by atoms with Crippen molar-refractivity contribution in [2.75, 3.05) is 38.0 Å². The van der Waals surface area contributed by atoms with Gasteiger partial charge in [0.15, 0.2) is 0 Å². The first-order valence-electron chi connectivity index (χ1n) is 8.50. The Morgan fingerprint density at radius 3 is 2.50 bits per heavy atom. The second-order valence-electron chi connectivity index (χ2n) is 7.27. The zero-order chi connectivity index (χ0) is 19.3. The summed E-state index contributed by atoms with van der Waals surface area (Å²) in [5.74, 6) is -1.08. The summed E-state index contributed by atoms with van der Waals surface area (Å²) >= 11 is 0. The minimum Gasteiger partial charge on any atom is -0.354 e. The number of halogens is 1. The number of hydrogen-bond donors (Lipinski definition) is 2. The van der Waals surface area contributed by atoms with Crippen molar-refractivity contribution in [2.45, 2.75) is 26.3 Å². The van der Waals surface area contributed by atoms with Crippen molar-refractivity contribution in [3.05, 3.63) is 30.1 Å². The Balaban J connectivity index is 1.99. The van der Waals surface area contributed by atoms with Crippen molar-refractivity contribution in [2.24, 2.45) is 0 Å². The molecule has 1 aromatic carbocycles. The number of nitrogens with one attached hydrogen (secondary N) is 2. The van der Waals surface area contributed by atoms with Crippen LogP contribution in [0.2, 0.25) is 0 Å². The highest BCUT2D eigenvalue weighted by Crippen LogP contribution is 2.15. The Morgan fingerprint density at radius 1 is 1.27 bits per heavy atom. The first kappa shape index (κ1) is 19.8. The van der Waals surface area contributed by atoms with Crippen LogP contribution in [-0.4, -0.2) is 65.8 Å². The SMILES string of the molecule is CC(C)(C)N(CC(=O)Nc1ccc(F)cc1)C(=O)CN1CCNC(=O)C1. The highest BCUT2D eigenvalue weighted by atomic mass is 19.1. The van der Waals surface area contributed by atoms with Gasteiger partial charge in [-0.05, 0) is 45.0 Å². The quantitative estimate of drug-likeness (QED) is 0.811. The molecule has 0 aromatic heterocycles. The van der Waals surface area contributed by atoms with Gasteiger partial charge in [-0.2, -0.15) is 0 Å². The Bertz CT molecular complexity index is 670. The van der Waals surface area contributed by atoms with E-state index >= 15 is 0 Å². The third-order valence-corrected chi connectivity index (χ3v) is 4.02. The van der Waals surface area contributed by atoms with Gasteiger partial charge in [0.2, 0.25) is 17.7 Å². The topological polar surface area (TPSA) is 81.8 Å². The Hall–Kier alpha value is -2.48. The van der Waals surface area contributed by atoms with E-state index < -0.39 is 5.54 Å². The molecule has 2 rings (SSSR count). The van der Waals surface area contributed by atoms with Crippen LogP contribution in [0.15, 0.2) is 24.3 Å². The molecule has 3 amide bonds. The lowest BCUT2D eigenvalue weighted by Crippen LogP contribution is -2.55. The van der Waals surface area contributed by atoms with Crippen LogP contribution in [0.25, 0.3) is 0 Å². The average Bonchev–Trinajstić information content (AvgIpc) is 2.53. The molecule has 1 aliphatic heterocycles. The number of benzene rings is 1. The molecule has 1 heterocycles. The highest BCUT2D eigenvalue weighted by Gasteiger charge is 2.30. The monoisotopic (exact) mass is 364 g/mol. The van der Waals surface area contributed by atoms with Gasteiger partial charge in [-0.1, -0.05) is 0 Å². The lowest BCUT2D eigenvalue weighted by Gasteiger charge is -2.37. The summed E-state index contributed by atoms with van der Waals surface area (Å²) in [4.78, 5) is 39.8. The van der Waals surface area contributed by atoms with E-state index in [1.54, 1.807) is 4.90 Å². The summed E-state index contributed by atoms with van der Waals surface area (Å²) in [7, 11) is 0. The molecular formula is C18H25FN4O3.